The molecule has 124 valence electrons. The Morgan fingerprint density at radius 2 is 2.27 bits per heavy atom. The molecule has 0 bridgehead atoms. The molecular formula is C14H20ClIN2O3S. The minimum Gasteiger partial charge on any atom is -0.376 e. The largest absolute Gasteiger partial charge is 0.376 e. The molecule has 1 aliphatic rings. The van der Waals surface area contributed by atoms with Crippen molar-refractivity contribution in [3.05, 3.63) is 32.4 Å². The van der Waals surface area contributed by atoms with Gasteiger partial charge in [0.05, 0.1) is 24.0 Å². The van der Waals surface area contributed by atoms with Crippen LogP contribution in [0.2, 0.25) is 5.02 Å². The lowest BCUT2D eigenvalue weighted by atomic mass is 9.91. The zero-order valence-corrected chi connectivity index (χ0v) is 16.0. The van der Waals surface area contributed by atoms with E-state index in [1.807, 2.05) is 12.1 Å². The molecule has 0 saturated carbocycles. The van der Waals surface area contributed by atoms with Crippen molar-refractivity contribution in [1.82, 2.24) is 10.0 Å². The third-order valence-electron chi connectivity index (χ3n) is 3.59. The number of rotatable bonds is 5. The molecule has 0 aliphatic carbocycles. The number of benzene rings is 1. The number of nitrogens with one attached hydrogen (secondary N) is 2. The van der Waals surface area contributed by atoms with Gasteiger partial charge in [0.1, 0.15) is 0 Å². The van der Waals surface area contributed by atoms with Crippen LogP contribution in [-0.2, 0) is 14.8 Å². The standard InChI is InChI=1S/C14H20ClIN2O3S/c1-22(19,20)18-5-4-14-11(9-17-6-7-21-14)10-2-3-13(16)12(15)8-10/h2-3,8,11,14,17-18H,4-7,9H2,1H3. The Bertz CT molecular complexity index is 612. The van der Waals surface area contributed by atoms with Gasteiger partial charge in [-0.3, -0.25) is 0 Å². The summed E-state index contributed by atoms with van der Waals surface area (Å²) >= 11 is 8.43. The second kappa shape index (κ2) is 8.25. The summed E-state index contributed by atoms with van der Waals surface area (Å²) in [5.74, 6) is 0.151. The fraction of sp³-hybridized carbons (Fsp3) is 0.571. The van der Waals surface area contributed by atoms with Gasteiger partial charge in [0.2, 0.25) is 10.0 Å². The normalized spacial score (nSPS) is 23.2. The molecule has 0 amide bonds. The Kier molecular flexibility index (Phi) is 6.91. The topological polar surface area (TPSA) is 67.4 Å². The number of halogens is 2. The maximum absolute atomic E-state index is 11.2. The van der Waals surface area contributed by atoms with E-state index in [-0.39, 0.29) is 12.0 Å². The number of hydrogen-bond acceptors (Lipinski definition) is 4. The first-order valence-corrected chi connectivity index (χ1v) is 10.4. The molecule has 2 N–H and O–H groups in total. The SMILES string of the molecule is CS(=O)(=O)NCCC1OCCNCC1c1ccc(I)c(Cl)c1. The zero-order chi connectivity index (χ0) is 16.2. The summed E-state index contributed by atoms with van der Waals surface area (Å²) in [6, 6.07) is 6.03. The lowest BCUT2D eigenvalue weighted by molar-refractivity contribution is 0.0473. The Morgan fingerprint density at radius 3 is 2.95 bits per heavy atom. The highest BCUT2D eigenvalue weighted by molar-refractivity contribution is 14.1. The quantitative estimate of drug-likeness (QED) is 0.662. The van der Waals surface area contributed by atoms with Crippen LogP contribution < -0.4 is 10.0 Å². The molecule has 2 rings (SSSR count). The molecule has 22 heavy (non-hydrogen) atoms. The van der Waals surface area contributed by atoms with Gasteiger partial charge in [0.25, 0.3) is 0 Å². The monoisotopic (exact) mass is 458 g/mol. The third kappa shape index (κ3) is 5.61. The van der Waals surface area contributed by atoms with Crippen molar-refractivity contribution in [3.8, 4) is 0 Å². The van der Waals surface area contributed by atoms with Crippen molar-refractivity contribution in [2.75, 3.05) is 32.5 Å². The second-order valence-corrected chi connectivity index (χ2v) is 8.75. The van der Waals surface area contributed by atoms with Crippen LogP contribution in [0.5, 0.6) is 0 Å². The van der Waals surface area contributed by atoms with E-state index in [4.69, 9.17) is 16.3 Å². The molecule has 5 nitrogen and oxygen atoms in total. The van der Waals surface area contributed by atoms with Crippen molar-refractivity contribution in [2.24, 2.45) is 0 Å². The van der Waals surface area contributed by atoms with Gasteiger partial charge in [0, 0.05) is 29.1 Å². The highest BCUT2D eigenvalue weighted by Gasteiger charge is 2.26. The third-order valence-corrected chi connectivity index (χ3v) is 5.89. The molecule has 8 heteroatoms. The van der Waals surface area contributed by atoms with Gasteiger partial charge in [-0.25, -0.2) is 13.1 Å². The first-order chi connectivity index (χ1) is 10.4. The van der Waals surface area contributed by atoms with Gasteiger partial charge in [-0.15, -0.1) is 0 Å². The van der Waals surface area contributed by atoms with Gasteiger partial charge in [0.15, 0.2) is 0 Å². The maximum Gasteiger partial charge on any atom is 0.208 e. The fourth-order valence-corrected chi connectivity index (χ4v) is 3.55. The van der Waals surface area contributed by atoms with Crippen LogP contribution >= 0.6 is 34.2 Å². The summed E-state index contributed by atoms with van der Waals surface area (Å²) in [7, 11) is -3.17. The Morgan fingerprint density at radius 1 is 1.50 bits per heavy atom. The average Bonchev–Trinajstić information content (AvgIpc) is 2.66. The van der Waals surface area contributed by atoms with Crippen LogP contribution in [0.4, 0.5) is 0 Å². The van der Waals surface area contributed by atoms with Crippen LogP contribution in [-0.4, -0.2) is 47.0 Å². The highest BCUT2D eigenvalue weighted by Crippen LogP contribution is 2.29. The van der Waals surface area contributed by atoms with E-state index in [9.17, 15) is 8.42 Å². The van der Waals surface area contributed by atoms with Crippen molar-refractivity contribution < 1.29 is 13.2 Å². The Hall–Kier alpha value is 0.0700. The molecule has 1 heterocycles. The van der Waals surface area contributed by atoms with E-state index in [0.717, 1.165) is 27.2 Å². The summed E-state index contributed by atoms with van der Waals surface area (Å²) in [5.41, 5.74) is 1.11. The highest BCUT2D eigenvalue weighted by atomic mass is 127. The molecule has 1 aromatic carbocycles. The molecule has 0 aromatic heterocycles. The molecule has 2 unspecified atom stereocenters. The van der Waals surface area contributed by atoms with Gasteiger partial charge >= 0.3 is 0 Å². The summed E-state index contributed by atoms with van der Waals surface area (Å²) in [6.07, 6.45) is 1.75. The van der Waals surface area contributed by atoms with E-state index in [1.54, 1.807) is 0 Å². The second-order valence-electron chi connectivity index (χ2n) is 5.35. The minimum atomic E-state index is -3.17. The maximum atomic E-state index is 11.2. The smallest absolute Gasteiger partial charge is 0.208 e. The lowest BCUT2D eigenvalue weighted by Gasteiger charge is -2.25. The predicted molar refractivity (Wildman–Crippen MR) is 97.0 cm³/mol. The van der Waals surface area contributed by atoms with Gasteiger partial charge < -0.3 is 10.1 Å². The van der Waals surface area contributed by atoms with Crippen molar-refractivity contribution in [3.63, 3.8) is 0 Å². The summed E-state index contributed by atoms with van der Waals surface area (Å²) in [4.78, 5) is 0. The predicted octanol–water partition coefficient (Wildman–Crippen LogP) is 1.96. The lowest BCUT2D eigenvalue weighted by Crippen LogP contribution is -2.32. The van der Waals surface area contributed by atoms with E-state index < -0.39 is 10.0 Å². The molecule has 0 spiro atoms. The van der Waals surface area contributed by atoms with Gasteiger partial charge in [-0.1, -0.05) is 17.7 Å². The first-order valence-electron chi connectivity index (χ1n) is 7.09. The van der Waals surface area contributed by atoms with E-state index >= 15 is 0 Å². The number of sulfonamides is 1. The molecule has 0 radical (unpaired) electrons. The van der Waals surface area contributed by atoms with Crippen molar-refractivity contribution in [2.45, 2.75) is 18.4 Å². The molecule has 1 fully saturated rings. The van der Waals surface area contributed by atoms with Crippen LogP contribution in [0.1, 0.15) is 17.9 Å². The van der Waals surface area contributed by atoms with Crippen LogP contribution in [0, 0.1) is 3.57 Å². The number of ether oxygens (including phenoxy) is 1. The van der Waals surface area contributed by atoms with Gasteiger partial charge in [-0.2, -0.15) is 0 Å². The Balaban J connectivity index is 2.11. The van der Waals surface area contributed by atoms with E-state index in [2.05, 4.69) is 38.7 Å². The minimum absolute atomic E-state index is 0.0413. The van der Waals surface area contributed by atoms with E-state index in [0.29, 0.717) is 19.6 Å². The van der Waals surface area contributed by atoms with Gasteiger partial charge in [-0.05, 0) is 46.7 Å². The summed E-state index contributed by atoms with van der Waals surface area (Å²) in [5, 5.41) is 4.09. The molecule has 2 atom stereocenters. The van der Waals surface area contributed by atoms with Crippen LogP contribution in [0.25, 0.3) is 0 Å². The average molecular weight is 459 g/mol. The van der Waals surface area contributed by atoms with E-state index in [1.165, 1.54) is 6.26 Å². The van der Waals surface area contributed by atoms with Crippen LogP contribution in [0.15, 0.2) is 18.2 Å². The summed E-state index contributed by atoms with van der Waals surface area (Å²) in [6.45, 7) is 2.58. The number of hydrogen-bond donors (Lipinski definition) is 2. The molecule has 1 aromatic rings. The Labute approximate surface area is 150 Å². The van der Waals surface area contributed by atoms with Crippen LogP contribution in [0.3, 0.4) is 0 Å². The molecule has 1 aliphatic heterocycles. The first kappa shape index (κ1) is 18.4. The van der Waals surface area contributed by atoms with Crippen molar-refractivity contribution in [1.29, 1.82) is 0 Å². The molecule has 1 saturated heterocycles. The molecular weight excluding hydrogens is 439 g/mol. The summed E-state index contributed by atoms with van der Waals surface area (Å²) < 4.78 is 31.8. The fourth-order valence-electron chi connectivity index (χ4n) is 2.53. The van der Waals surface area contributed by atoms with Crippen molar-refractivity contribution >= 4 is 44.2 Å². The zero-order valence-electron chi connectivity index (χ0n) is 12.3.